The van der Waals surface area contributed by atoms with Gasteiger partial charge in [0.2, 0.25) is 5.91 Å². The summed E-state index contributed by atoms with van der Waals surface area (Å²) in [7, 11) is 3.21. The number of hydrogen-bond donors (Lipinski definition) is 2. The number of methoxy groups -OCH3 is 2. The number of amides is 1. The molecule has 0 radical (unpaired) electrons. The van der Waals surface area contributed by atoms with Gasteiger partial charge in [-0.2, -0.15) is 0 Å². The van der Waals surface area contributed by atoms with Crippen molar-refractivity contribution in [1.29, 1.82) is 0 Å². The minimum Gasteiger partial charge on any atom is -0.493 e. The highest BCUT2D eigenvalue weighted by Gasteiger charge is 2.24. The van der Waals surface area contributed by atoms with Gasteiger partial charge >= 0.3 is 0 Å². The Morgan fingerprint density at radius 2 is 1.89 bits per heavy atom. The summed E-state index contributed by atoms with van der Waals surface area (Å²) in [5.41, 5.74) is 1.50. The molecule has 0 aliphatic carbocycles. The lowest BCUT2D eigenvalue weighted by Gasteiger charge is -2.35. The van der Waals surface area contributed by atoms with Crippen molar-refractivity contribution < 1.29 is 19.0 Å². The van der Waals surface area contributed by atoms with E-state index < -0.39 is 0 Å². The van der Waals surface area contributed by atoms with Crippen LogP contribution < -0.4 is 20.3 Å². The number of hydrogen-bond acceptors (Lipinski definition) is 7. The third-order valence-corrected chi connectivity index (χ3v) is 6.55. The van der Waals surface area contributed by atoms with Gasteiger partial charge < -0.3 is 24.5 Å². The molecule has 4 rings (SSSR count). The Bertz CT molecular complexity index is 1300. The first kappa shape index (κ1) is 24.9. The van der Waals surface area contributed by atoms with Crippen LogP contribution in [-0.2, 0) is 16.1 Å². The van der Waals surface area contributed by atoms with Gasteiger partial charge in [-0.25, -0.2) is 0 Å². The second-order valence-corrected chi connectivity index (χ2v) is 8.65. The first-order valence-corrected chi connectivity index (χ1v) is 11.9. The molecule has 0 bridgehead atoms. The number of rotatable bonds is 9. The quantitative estimate of drug-likeness (QED) is 0.438. The first-order valence-electron chi connectivity index (χ1n) is 11.5. The van der Waals surface area contributed by atoms with Crippen LogP contribution >= 0.6 is 12.2 Å². The molecule has 10 heteroatoms. The van der Waals surface area contributed by atoms with Crippen LogP contribution in [0.1, 0.15) is 18.0 Å². The van der Waals surface area contributed by atoms with E-state index in [4.69, 9.17) is 26.4 Å². The standard InChI is InChI=1S/C25H30N4O5S/c1-32-21-8-7-17(15-22(21)33-2)20(28-11-13-34-14-12-28)16-26-23(30)9-10-29-24(31)18-5-3-4-6-19(18)27-25(29)35/h3-8,15,20H,9-14,16H2,1-2H3,(H,26,30)(H,27,35)/t20-/m0/s1. The van der Waals surface area contributed by atoms with Crippen molar-refractivity contribution in [2.75, 3.05) is 47.1 Å². The number of carbonyl (C=O) groups is 1. The van der Waals surface area contributed by atoms with Crippen LogP contribution in [0.5, 0.6) is 11.5 Å². The zero-order valence-corrected chi connectivity index (χ0v) is 20.7. The molecule has 9 nitrogen and oxygen atoms in total. The first-order chi connectivity index (χ1) is 17.0. The lowest BCUT2D eigenvalue weighted by atomic mass is 10.0. The lowest BCUT2D eigenvalue weighted by Crippen LogP contribution is -2.44. The van der Waals surface area contributed by atoms with Crippen molar-refractivity contribution >= 4 is 29.0 Å². The van der Waals surface area contributed by atoms with E-state index >= 15 is 0 Å². The minimum atomic E-state index is -0.200. The van der Waals surface area contributed by atoms with E-state index in [2.05, 4.69) is 15.2 Å². The molecule has 1 atom stereocenters. The highest BCUT2D eigenvalue weighted by molar-refractivity contribution is 7.71. The smallest absolute Gasteiger partial charge is 0.262 e. The molecule has 1 aliphatic rings. The summed E-state index contributed by atoms with van der Waals surface area (Å²) in [6, 6.07) is 12.9. The number of H-pyrrole nitrogens is 1. The van der Waals surface area contributed by atoms with E-state index in [0.717, 1.165) is 18.7 Å². The van der Waals surface area contributed by atoms with Gasteiger partial charge in [0.05, 0.1) is 44.4 Å². The van der Waals surface area contributed by atoms with Crippen molar-refractivity contribution in [2.24, 2.45) is 0 Å². The van der Waals surface area contributed by atoms with Gasteiger partial charge in [0.15, 0.2) is 16.3 Å². The highest BCUT2D eigenvalue weighted by atomic mass is 32.1. The number of aromatic amines is 1. The maximum absolute atomic E-state index is 12.8. The van der Waals surface area contributed by atoms with Crippen LogP contribution in [0, 0.1) is 4.77 Å². The molecule has 2 N–H and O–H groups in total. The Morgan fingerprint density at radius 1 is 1.14 bits per heavy atom. The predicted molar refractivity (Wildman–Crippen MR) is 136 cm³/mol. The lowest BCUT2D eigenvalue weighted by molar-refractivity contribution is -0.121. The second-order valence-electron chi connectivity index (χ2n) is 8.27. The molecule has 1 fully saturated rings. The van der Waals surface area contributed by atoms with Crippen LogP contribution in [0.15, 0.2) is 47.3 Å². The third-order valence-electron chi connectivity index (χ3n) is 6.22. The Labute approximate surface area is 208 Å². The Kier molecular flexibility index (Phi) is 8.17. The molecule has 35 heavy (non-hydrogen) atoms. The summed E-state index contributed by atoms with van der Waals surface area (Å²) in [6.07, 6.45) is 0.136. The molecule has 0 saturated carbocycles. The van der Waals surface area contributed by atoms with Crippen LogP contribution in [0.4, 0.5) is 0 Å². The summed E-state index contributed by atoms with van der Waals surface area (Å²) in [6.45, 7) is 3.41. The Hall–Kier alpha value is -3.21. The summed E-state index contributed by atoms with van der Waals surface area (Å²) in [5, 5.41) is 3.58. The SMILES string of the molecule is COc1ccc([C@H](CNC(=O)CCn2c(=S)[nH]c3ccccc3c2=O)N2CCOCC2)cc1OC. The molecule has 2 heterocycles. The number of aromatic nitrogens is 2. The van der Waals surface area contributed by atoms with E-state index in [9.17, 15) is 9.59 Å². The number of benzene rings is 2. The third kappa shape index (κ3) is 5.72. The van der Waals surface area contributed by atoms with Crippen molar-refractivity contribution in [1.82, 2.24) is 19.8 Å². The summed E-state index contributed by atoms with van der Waals surface area (Å²) >= 11 is 5.35. The van der Waals surface area contributed by atoms with Gasteiger partial charge in [-0.3, -0.25) is 19.1 Å². The Morgan fingerprint density at radius 3 is 2.63 bits per heavy atom. The van der Waals surface area contributed by atoms with Crippen molar-refractivity contribution in [3.05, 3.63) is 63.2 Å². The maximum Gasteiger partial charge on any atom is 0.262 e. The zero-order valence-electron chi connectivity index (χ0n) is 19.9. The Balaban J connectivity index is 1.46. The maximum atomic E-state index is 12.8. The molecule has 0 unspecified atom stereocenters. The summed E-state index contributed by atoms with van der Waals surface area (Å²) in [4.78, 5) is 31.0. The normalized spacial score (nSPS) is 15.0. The number of fused-ring (bicyclic) bond motifs is 1. The topological polar surface area (TPSA) is 97.8 Å². The fourth-order valence-electron chi connectivity index (χ4n) is 4.32. The second kappa shape index (κ2) is 11.5. The molecule has 186 valence electrons. The van der Waals surface area contributed by atoms with Crippen molar-refractivity contribution in [2.45, 2.75) is 19.0 Å². The number of carbonyl (C=O) groups excluding carboxylic acids is 1. The molecule has 1 amide bonds. The minimum absolute atomic E-state index is 0.0612. The van der Waals surface area contributed by atoms with E-state index in [1.807, 2.05) is 30.3 Å². The average Bonchev–Trinajstić information content (AvgIpc) is 2.89. The molecule has 2 aromatic carbocycles. The van der Waals surface area contributed by atoms with Gasteiger partial charge in [-0.15, -0.1) is 0 Å². The molecule has 3 aromatic rings. The fourth-order valence-corrected chi connectivity index (χ4v) is 4.61. The van der Waals surface area contributed by atoms with Crippen LogP contribution in [0.2, 0.25) is 0 Å². The number of nitrogens with one attached hydrogen (secondary N) is 2. The molecule has 0 spiro atoms. The van der Waals surface area contributed by atoms with Crippen LogP contribution in [0.25, 0.3) is 10.9 Å². The van der Waals surface area contributed by atoms with E-state index in [1.165, 1.54) is 4.57 Å². The molecule has 1 aromatic heterocycles. The van der Waals surface area contributed by atoms with Gasteiger partial charge in [0.25, 0.3) is 5.56 Å². The van der Waals surface area contributed by atoms with Gasteiger partial charge in [-0.05, 0) is 42.0 Å². The van der Waals surface area contributed by atoms with Gasteiger partial charge in [0.1, 0.15) is 0 Å². The number of nitrogens with zero attached hydrogens (tertiary/aromatic N) is 2. The van der Waals surface area contributed by atoms with Crippen molar-refractivity contribution in [3.8, 4) is 11.5 Å². The van der Waals surface area contributed by atoms with Crippen molar-refractivity contribution in [3.63, 3.8) is 0 Å². The highest BCUT2D eigenvalue weighted by Crippen LogP contribution is 2.32. The van der Waals surface area contributed by atoms with E-state index in [1.54, 1.807) is 26.4 Å². The van der Waals surface area contributed by atoms with Gasteiger partial charge in [0, 0.05) is 32.6 Å². The van der Waals surface area contributed by atoms with Crippen LogP contribution in [0.3, 0.4) is 0 Å². The summed E-state index contributed by atoms with van der Waals surface area (Å²) in [5.74, 6) is 1.14. The van der Waals surface area contributed by atoms with E-state index in [-0.39, 0.29) is 30.5 Å². The monoisotopic (exact) mass is 498 g/mol. The molecule has 1 aliphatic heterocycles. The molecular formula is C25H30N4O5S. The fraction of sp³-hybridized carbons (Fsp3) is 0.400. The largest absolute Gasteiger partial charge is 0.493 e. The van der Waals surface area contributed by atoms with Gasteiger partial charge in [-0.1, -0.05) is 18.2 Å². The molecule has 1 saturated heterocycles. The van der Waals surface area contributed by atoms with E-state index in [0.29, 0.717) is 46.9 Å². The number of para-hydroxylation sites is 1. The van der Waals surface area contributed by atoms with Crippen LogP contribution in [-0.4, -0.2) is 67.4 Å². The number of morpholine rings is 1. The zero-order chi connectivity index (χ0) is 24.8. The summed E-state index contributed by atoms with van der Waals surface area (Å²) < 4.78 is 18.1. The predicted octanol–water partition coefficient (Wildman–Crippen LogP) is 2.66. The molecular weight excluding hydrogens is 468 g/mol. The average molecular weight is 499 g/mol. The number of ether oxygens (including phenoxy) is 3.